The normalized spacial score (nSPS) is 15.1. The number of hydrogen-bond donors (Lipinski definition) is 1. The number of carbonyl (C=O) groups excluding carboxylic acids is 1. The second-order valence-corrected chi connectivity index (χ2v) is 7.26. The maximum Gasteiger partial charge on any atom is 0.415 e. The molecule has 154 valence electrons. The molecule has 2 aliphatic rings. The number of carbonyl (C=O) groups is 1. The van der Waals surface area contributed by atoms with E-state index in [1.165, 1.54) is 11.1 Å². The van der Waals surface area contributed by atoms with E-state index < -0.39 is 0 Å². The summed E-state index contributed by atoms with van der Waals surface area (Å²) in [7, 11) is 0. The van der Waals surface area contributed by atoms with Crippen LogP contribution in [0.3, 0.4) is 0 Å². The molecule has 0 saturated carbocycles. The first-order valence-electron chi connectivity index (χ1n) is 9.86. The number of amides is 1. The number of rotatable bonds is 4. The summed E-state index contributed by atoms with van der Waals surface area (Å²) in [5, 5.41) is 0. The lowest BCUT2D eigenvalue weighted by atomic mass is 10.1. The van der Waals surface area contributed by atoms with Gasteiger partial charge in [0.2, 0.25) is 0 Å². The molecule has 0 unspecified atom stereocenters. The Morgan fingerprint density at radius 3 is 2.41 bits per heavy atom. The molecular weight excluding hydrogens is 432 g/mol. The quantitative estimate of drug-likeness (QED) is 0.750. The lowest BCUT2D eigenvalue weighted by Gasteiger charge is -2.33. The van der Waals surface area contributed by atoms with E-state index in [0.717, 1.165) is 24.1 Å². The van der Waals surface area contributed by atoms with Crippen molar-refractivity contribution in [3.05, 3.63) is 59.2 Å². The van der Waals surface area contributed by atoms with Crippen LogP contribution >= 0.6 is 17.0 Å². The first-order valence-corrected chi connectivity index (χ1v) is 9.86. The van der Waals surface area contributed by atoms with E-state index in [2.05, 4.69) is 34.2 Å². The van der Waals surface area contributed by atoms with Crippen molar-refractivity contribution >= 4 is 34.7 Å². The highest BCUT2D eigenvalue weighted by Gasteiger charge is 2.30. The highest BCUT2D eigenvalue weighted by atomic mass is 79.9. The van der Waals surface area contributed by atoms with E-state index in [4.69, 9.17) is 10.5 Å². The van der Waals surface area contributed by atoms with Crippen LogP contribution in [0.15, 0.2) is 47.5 Å². The van der Waals surface area contributed by atoms with Crippen molar-refractivity contribution in [2.24, 2.45) is 10.7 Å². The largest absolute Gasteiger partial charge is 0.415 e. The van der Waals surface area contributed by atoms with Crippen molar-refractivity contribution in [2.45, 2.75) is 39.3 Å². The van der Waals surface area contributed by atoms with Gasteiger partial charge in [-0.2, -0.15) is 0 Å². The van der Waals surface area contributed by atoms with E-state index in [9.17, 15) is 4.79 Å². The van der Waals surface area contributed by atoms with Crippen LogP contribution < -0.4 is 10.5 Å². The van der Waals surface area contributed by atoms with Crippen molar-refractivity contribution in [3.8, 4) is 5.75 Å². The number of nitrogens with zero attached hydrogens (tertiary/aromatic N) is 3. The lowest BCUT2D eigenvalue weighted by Crippen LogP contribution is -2.46. The summed E-state index contributed by atoms with van der Waals surface area (Å²) in [6, 6.07) is 14.5. The highest BCUT2D eigenvalue weighted by Crippen LogP contribution is 2.33. The summed E-state index contributed by atoms with van der Waals surface area (Å²) < 4.78 is 5.49. The molecule has 0 spiro atoms. The monoisotopic (exact) mass is 458 g/mol. The van der Waals surface area contributed by atoms with Crippen molar-refractivity contribution in [1.29, 1.82) is 0 Å². The maximum atomic E-state index is 12.2. The Balaban J connectivity index is 0.00000240. The molecule has 4 rings (SSSR count). The standard InChI is InChI=1S/C22H26N4O2.BrH/c1-3-25(4-2)22(27)28-19-10-9-17-14-26(21(23)24-20(17)13-19)18-11-15-7-5-6-8-16(15)12-18;/h5-10,13,18H,3-4,11-12,14H2,1-2H3,(H2,23,24);1H. The third kappa shape index (κ3) is 4.24. The molecule has 0 aromatic heterocycles. The van der Waals surface area contributed by atoms with E-state index in [0.29, 0.717) is 37.4 Å². The van der Waals surface area contributed by atoms with Crippen LogP contribution in [0.4, 0.5) is 10.5 Å². The molecule has 6 nitrogen and oxygen atoms in total. The van der Waals surface area contributed by atoms with Gasteiger partial charge in [-0.3, -0.25) is 0 Å². The first-order chi connectivity index (χ1) is 13.6. The smallest absolute Gasteiger partial charge is 0.410 e. The van der Waals surface area contributed by atoms with Crippen LogP contribution in [0, 0.1) is 0 Å². The fraction of sp³-hybridized carbons (Fsp3) is 0.364. The number of guanidine groups is 1. The summed E-state index contributed by atoms with van der Waals surface area (Å²) in [4.78, 5) is 20.6. The molecule has 1 aliphatic heterocycles. The molecule has 1 heterocycles. The lowest BCUT2D eigenvalue weighted by molar-refractivity contribution is 0.157. The van der Waals surface area contributed by atoms with E-state index >= 15 is 0 Å². The number of halogens is 1. The van der Waals surface area contributed by atoms with Crippen LogP contribution in [0.25, 0.3) is 0 Å². The molecule has 7 heteroatoms. The minimum Gasteiger partial charge on any atom is -0.410 e. The molecular formula is C22H27BrN4O2. The van der Waals surface area contributed by atoms with E-state index in [-0.39, 0.29) is 23.1 Å². The topological polar surface area (TPSA) is 71.2 Å². The van der Waals surface area contributed by atoms with Crippen LogP contribution in [-0.2, 0) is 19.4 Å². The second kappa shape index (κ2) is 8.86. The zero-order chi connectivity index (χ0) is 19.7. The summed E-state index contributed by atoms with van der Waals surface area (Å²) in [6.45, 7) is 5.80. The summed E-state index contributed by atoms with van der Waals surface area (Å²) in [5.74, 6) is 1.02. The van der Waals surface area contributed by atoms with Gasteiger partial charge in [-0.15, -0.1) is 17.0 Å². The van der Waals surface area contributed by atoms with Gasteiger partial charge in [0.1, 0.15) is 5.75 Å². The average Bonchev–Trinajstić information content (AvgIpc) is 3.12. The van der Waals surface area contributed by atoms with Crippen LogP contribution in [-0.4, -0.2) is 41.0 Å². The Labute approximate surface area is 182 Å². The van der Waals surface area contributed by atoms with Gasteiger partial charge >= 0.3 is 6.09 Å². The van der Waals surface area contributed by atoms with Crippen LogP contribution in [0.2, 0.25) is 0 Å². The van der Waals surface area contributed by atoms with Gasteiger partial charge in [0.05, 0.1) is 5.69 Å². The number of fused-ring (bicyclic) bond motifs is 2. The zero-order valence-corrected chi connectivity index (χ0v) is 18.5. The Bertz CT molecular complexity index is 902. The van der Waals surface area contributed by atoms with Crippen molar-refractivity contribution in [1.82, 2.24) is 9.80 Å². The van der Waals surface area contributed by atoms with Gasteiger partial charge in [0, 0.05) is 31.7 Å². The fourth-order valence-electron chi connectivity index (χ4n) is 4.02. The second-order valence-electron chi connectivity index (χ2n) is 7.26. The van der Waals surface area contributed by atoms with Crippen molar-refractivity contribution in [3.63, 3.8) is 0 Å². The van der Waals surface area contributed by atoms with Crippen LogP contribution in [0.1, 0.15) is 30.5 Å². The molecule has 2 aromatic rings. The van der Waals surface area contributed by atoms with Gasteiger partial charge in [-0.25, -0.2) is 9.79 Å². The SMILES string of the molecule is Br.CCN(CC)C(=O)Oc1ccc2c(c1)N=C(N)N(C1Cc3ccccc3C1)C2. The van der Waals surface area contributed by atoms with Gasteiger partial charge in [0.15, 0.2) is 5.96 Å². The van der Waals surface area contributed by atoms with E-state index in [1.54, 1.807) is 11.0 Å². The Hall–Kier alpha value is -2.54. The van der Waals surface area contributed by atoms with Gasteiger partial charge in [0.25, 0.3) is 0 Å². The van der Waals surface area contributed by atoms with Gasteiger partial charge in [-0.05, 0) is 49.4 Å². The van der Waals surface area contributed by atoms with Crippen molar-refractivity contribution in [2.75, 3.05) is 13.1 Å². The predicted octanol–water partition coefficient (Wildman–Crippen LogP) is 4.03. The number of hydrogen-bond acceptors (Lipinski definition) is 5. The molecule has 2 N–H and O–H groups in total. The number of benzene rings is 2. The molecule has 0 atom stereocenters. The van der Waals surface area contributed by atoms with Gasteiger partial charge < -0.3 is 20.3 Å². The fourth-order valence-corrected chi connectivity index (χ4v) is 4.02. The summed E-state index contributed by atoms with van der Waals surface area (Å²) in [5.41, 5.74) is 11.0. The molecule has 0 bridgehead atoms. The third-order valence-corrected chi connectivity index (χ3v) is 5.62. The highest BCUT2D eigenvalue weighted by molar-refractivity contribution is 8.93. The minimum atomic E-state index is -0.344. The summed E-state index contributed by atoms with van der Waals surface area (Å²) >= 11 is 0. The Kier molecular flexibility index (Phi) is 6.47. The number of nitrogens with two attached hydrogens (primary N) is 1. The number of ether oxygens (including phenoxy) is 1. The first kappa shape index (κ1) is 21.2. The van der Waals surface area contributed by atoms with Crippen molar-refractivity contribution < 1.29 is 9.53 Å². The van der Waals surface area contributed by atoms with E-state index in [1.807, 2.05) is 26.0 Å². The third-order valence-electron chi connectivity index (χ3n) is 5.62. The minimum absolute atomic E-state index is 0. The average molecular weight is 459 g/mol. The van der Waals surface area contributed by atoms with Crippen LogP contribution in [0.5, 0.6) is 5.75 Å². The zero-order valence-electron chi connectivity index (χ0n) is 16.8. The molecule has 0 saturated heterocycles. The summed E-state index contributed by atoms with van der Waals surface area (Å²) in [6.07, 6.45) is 1.63. The Morgan fingerprint density at radius 2 is 1.79 bits per heavy atom. The molecule has 1 aliphatic carbocycles. The number of aliphatic imine (C=N–C) groups is 1. The molecule has 0 fully saturated rings. The molecule has 29 heavy (non-hydrogen) atoms. The maximum absolute atomic E-state index is 12.2. The predicted molar refractivity (Wildman–Crippen MR) is 120 cm³/mol. The molecule has 2 aromatic carbocycles. The molecule has 0 radical (unpaired) electrons. The Morgan fingerprint density at radius 1 is 1.14 bits per heavy atom. The molecule has 1 amide bonds. The van der Waals surface area contributed by atoms with Gasteiger partial charge in [-0.1, -0.05) is 30.3 Å².